The van der Waals surface area contributed by atoms with Crippen molar-refractivity contribution in [3.8, 4) is 0 Å². The normalized spacial score (nSPS) is 16.5. The molecule has 0 radical (unpaired) electrons. The molecule has 18 heteroatoms. The molecule has 0 aliphatic carbocycles. The van der Waals surface area contributed by atoms with Crippen LogP contribution in [0, 0.1) is 0 Å². The van der Waals surface area contributed by atoms with E-state index in [1.54, 1.807) is 6.92 Å². The van der Waals surface area contributed by atoms with E-state index in [9.17, 15) is 70.2 Å². The van der Waals surface area contributed by atoms with Gasteiger partial charge in [-0.25, -0.2) is 8.78 Å². The monoisotopic (exact) mass is 532 g/mol. The minimum absolute atomic E-state index is 0.243. The molecule has 33 heavy (non-hydrogen) atoms. The van der Waals surface area contributed by atoms with Crippen molar-refractivity contribution in [3.05, 3.63) is 0 Å². The van der Waals surface area contributed by atoms with Gasteiger partial charge in [0.2, 0.25) is 0 Å². The van der Waals surface area contributed by atoms with Crippen LogP contribution in [0.3, 0.4) is 0 Å². The maximum absolute atomic E-state index is 13.6. The molecule has 0 bridgehead atoms. The zero-order valence-electron chi connectivity index (χ0n) is 16.3. The van der Waals surface area contributed by atoms with E-state index in [1.165, 1.54) is 0 Å². The van der Waals surface area contributed by atoms with Gasteiger partial charge in [-0.1, -0.05) is 13.3 Å². The summed E-state index contributed by atoms with van der Waals surface area (Å²) in [6.07, 6.45) is -7.00. The van der Waals surface area contributed by atoms with E-state index in [0.29, 0.717) is 6.42 Å². The standard InChI is InChI=1S/C15H16F16O2/c1-3-4-5-32-7(2)33-6-9(18,19)11(22,23)13(26,27)15(30,31)14(28,29)12(24,25)10(20,21)8(16)17/h7-8H,3-6H2,1-2H3/t7-/m1/s1. The van der Waals surface area contributed by atoms with Gasteiger partial charge in [-0.2, -0.15) is 61.5 Å². The first kappa shape index (κ1) is 31.8. The lowest BCUT2D eigenvalue weighted by Gasteiger charge is -2.42. The maximum Gasteiger partial charge on any atom is 0.384 e. The second kappa shape index (κ2) is 9.81. The van der Waals surface area contributed by atoms with E-state index in [2.05, 4.69) is 9.47 Å². The van der Waals surface area contributed by atoms with Crippen LogP contribution >= 0.6 is 0 Å². The van der Waals surface area contributed by atoms with Crippen LogP contribution in [-0.2, 0) is 9.47 Å². The summed E-state index contributed by atoms with van der Waals surface area (Å²) < 4.78 is 219. The van der Waals surface area contributed by atoms with Gasteiger partial charge in [0.15, 0.2) is 6.29 Å². The second-order valence-corrected chi connectivity index (χ2v) is 6.60. The van der Waals surface area contributed by atoms with Crippen molar-refractivity contribution in [3.63, 3.8) is 0 Å². The lowest BCUT2D eigenvalue weighted by atomic mass is 9.89. The van der Waals surface area contributed by atoms with Crippen molar-refractivity contribution < 1.29 is 79.7 Å². The van der Waals surface area contributed by atoms with Gasteiger partial charge in [0.1, 0.15) is 6.61 Å². The Morgan fingerprint density at radius 3 is 1.39 bits per heavy atom. The molecule has 0 unspecified atom stereocenters. The molecular weight excluding hydrogens is 516 g/mol. The van der Waals surface area contributed by atoms with Crippen LogP contribution in [0.15, 0.2) is 0 Å². The first-order chi connectivity index (χ1) is 14.4. The van der Waals surface area contributed by atoms with Crippen LogP contribution in [0.5, 0.6) is 0 Å². The smallest absolute Gasteiger partial charge is 0.353 e. The Bertz CT molecular complexity index is 633. The number of unbranched alkanes of at least 4 members (excludes halogenated alkanes) is 1. The average Bonchev–Trinajstić information content (AvgIpc) is 2.65. The predicted molar refractivity (Wildman–Crippen MR) is 76.9 cm³/mol. The second-order valence-electron chi connectivity index (χ2n) is 6.60. The van der Waals surface area contributed by atoms with Crippen LogP contribution in [0.4, 0.5) is 70.2 Å². The summed E-state index contributed by atoms with van der Waals surface area (Å²) in [4.78, 5) is 0. The van der Waals surface area contributed by atoms with Crippen molar-refractivity contribution >= 4 is 0 Å². The molecule has 0 aromatic carbocycles. The Balaban J connectivity index is 6.10. The topological polar surface area (TPSA) is 18.5 Å². The fourth-order valence-electron chi connectivity index (χ4n) is 1.92. The van der Waals surface area contributed by atoms with Crippen LogP contribution in [0.25, 0.3) is 0 Å². The largest absolute Gasteiger partial charge is 0.384 e. The van der Waals surface area contributed by atoms with Crippen molar-refractivity contribution in [2.45, 2.75) is 80.9 Å². The molecule has 0 aromatic rings. The highest BCUT2D eigenvalue weighted by atomic mass is 19.4. The highest BCUT2D eigenvalue weighted by molar-refractivity contribution is 5.14. The van der Waals surface area contributed by atoms with Gasteiger partial charge in [0.05, 0.1) is 0 Å². The van der Waals surface area contributed by atoms with Crippen molar-refractivity contribution in [2.24, 2.45) is 0 Å². The highest BCUT2D eigenvalue weighted by Crippen LogP contribution is 2.62. The number of ether oxygens (including phenoxy) is 2. The molecule has 0 amide bonds. The van der Waals surface area contributed by atoms with Gasteiger partial charge < -0.3 is 9.47 Å². The number of hydrogen-bond donors (Lipinski definition) is 0. The molecular formula is C15H16F16O2. The molecule has 0 aliphatic rings. The lowest BCUT2D eigenvalue weighted by Crippen LogP contribution is -2.74. The van der Waals surface area contributed by atoms with Gasteiger partial charge in [-0.15, -0.1) is 0 Å². The number of rotatable bonds is 14. The van der Waals surface area contributed by atoms with E-state index in [0.717, 1.165) is 6.92 Å². The third-order valence-electron chi connectivity index (χ3n) is 4.08. The maximum atomic E-state index is 13.6. The van der Waals surface area contributed by atoms with Crippen molar-refractivity contribution in [2.75, 3.05) is 13.2 Å². The zero-order valence-corrected chi connectivity index (χ0v) is 16.3. The van der Waals surface area contributed by atoms with E-state index < -0.39 is 60.8 Å². The van der Waals surface area contributed by atoms with Gasteiger partial charge in [0.25, 0.3) is 0 Å². The summed E-state index contributed by atoms with van der Waals surface area (Å²) in [6.45, 7) is -0.790. The first-order valence-corrected chi connectivity index (χ1v) is 8.56. The molecule has 0 aliphatic heterocycles. The first-order valence-electron chi connectivity index (χ1n) is 8.56. The molecule has 1 atom stereocenters. The molecule has 0 fully saturated rings. The molecule has 0 spiro atoms. The molecule has 0 heterocycles. The lowest BCUT2D eigenvalue weighted by molar-refractivity contribution is -0.448. The van der Waals surface area contributed by atoms with Gasteiger partial charge in [-0.05, 0) is 13.3 Å². The Hall–Kier alpha value is -1.20. The summed E-state index contributed by atoms with van der Waals surface area (Å²) in [5.74, 6) is -54.7. The molecule has 0 aromatic heterocycles. The number of halogens is 16. The summed E-state index contributed by atoms with van der Waals surface area (Å²) >= 11 is 0. The predicted octanol–water partition coefficient (Wildman–Crippen LogP) is 6.88. The van der Waals surface area contributed by atoms with Gasteiger partial charge >= 0.3 is 47.9 Å². The number of alkyl halides is 16. The minimum Gasteiger partial charge on any atom is -0.353 e. The van der Waals surface area contributed by atoms with Crippen LogP contribution in [0.2, 0.25) is 0 Å². The highest BCUT2D eigenvalue weighted by Gasteiger charge is 2.93. The fourth-order valence-corrected chi connectivity index (χ4v) is 1.92. The third kappa shape index (κ3) is 5.24. The van der Waals surface area contributed by atoms with Gasteiger partial charge in [-0.3, -0.25) is 0 Å². The summed E-state index contributed by atoms with van der Waals surface area (Å²) in [6, 6.07) is 0. The quantitative estimate of drug-likeness (QED) is 0.138. The fraction of sp³-hybridized carbons (Fsp3) is 1.00. The van der Waals surface area contributed by atoms with Crippen LogP contribution in [-0.4, -0.2) is 67.4 Å². The summed E-state index contributed by atoms with van der Waals surface area (Å²) in [5.41, 5.74) is 0. The molecule has 0 saturated carbocycles. The Kier molecular flexibility index (Phi) is 9.45. The molecule has 0 rings (SSSR count). The SMILES string of the molecule is CCCCO[C@@H](C)OCC(F)(F)C(F)(F)C(F)(F)C(F)(F)C(F)(F)C(F)(F)C(F)(F)C(F)F. The zero-order chi connectivity index (χ0) is 26.9. The molecule has 0 N–H and O–H groups in total. The third-order valence-corrected chi connectivity index (χ3v) is 4.08. The summed E-state index contributed by atoms with van der Waals surface area (Å²) in [7, 11) is 0. The molecule has 200 valence electrons. The summed E-state index contributed by atoms with van der Waals surface area (Å²) in [5, 5.41) is 0. The van der Waals surface area contributed by atoms with Crippen molar-refractivity contribution in [1.29, 1.82) is 0 Å². The van der Waals surface area contributed by atoms with Gasteiger partial charge in [0, 0.05) is 6.61 Å². The Morgan fingerprint density at radius 1 is 0.606 bits per heavy atom. The molecule has 2 nitrogen and oxygen atoms in total. The Morgan fingerprint density at radius 2 is 1.00 bits per heavy atom. The van der Waals surface area contributed by atoms with Crippen LogP contribution in [0.1, 0.15) is 26.7 Å². The van der Waals surface area contributed by atoms with Crippen LogP contribution < -0.4 is 0 Å². The number of hydrogen-bond acceptors (Lipinski definition) is 2. The molecule has 0 saturated heterocycles. The van der Waals surface area contributed by atoms with E-state index in [4.69, 9.17) is 0 Å². The van der Waals surface area contributed by atoms with Crippen molar-refractivity contribution in [1.82, 2.24) is 0 Å². The Labute approximate surface area is 175 Å². The van der Waals surface area contributed by atoms with E-state index in [-0.39, 0.29) is 13.0 Å². The van der Waals surface area contributed by atoms with E-state index in [1.807, 2.05) is 0 Å². The van der Waals surface area contributed by atoms with E-state index >= 15 is 0 Å². The minimum atomic E-state index is -8.40. The average molecular weight is 532 g/mol.